The Labute approximate surface area is 412 Å². The second kappa shape index (κ2) is 43.7. The highest BCUT2D eigenvalue weighted by Crippen LogP contribution is 2.53. The van der Waals surface area contributed by atoms with Gasteiger partial charge in [-0.2, -0.15) is 0 Å². The molecular weight excluding hydrogens is 781 g/mol. The quantitative estimate of drug-likeness (QED) is 0.131. The van der Waals surface area contributed by atoms with E-state index in [0.717, 1.165) is 30.6 Å². The lowest BCUT2D eigenvalue weighted by Crippen LogP contribution is -2.41. The maximum Gasteiger partial charge on any atom is 0.0210 e. The predicted octanol–water partition coefficient (Wildman–Crippen LogP) is 22.7. The molecular formula is C65H118. The van der Waals surface area contributed by atoms with Crippen LogP contribution < -0.4 is 0 Å². The van der Waals surface area contributed by atoms with Crippen LogP contribution in [0.1, 0.15) is 259 Å². The van der Waals surface area contributed by atoms with Crippen molar-refractivity contribution in [3.05, 3.63) is 131 Å². The molecule has 0 heterocycles. The fourth-order valence-corrected chi connectivity index (χ4v) is 8.64. The summed E-state index contributed by atoms with van der Waals surface area (Å²) in [7, 11) is 0. The standard InChI is InChI=1S/C28H40.C20H32.C5H12.5C2H6.C2H4/c1-7-21(3)17-24-11-15-26(16-12-24)28(19-22(4)18-27(5,6)20-28)25-13-9-23(8-2)10-14-25;1-6-9-10-12-18(11-7-2)20(4,5)19-15-13-17(8-3)14-16-19;1-4-5(2)3;6*1-2/h9-16,21-22H,7-8,17-20H2,1-6H3;9-10,12-13,15H,6-8,11,14,16H2,1-5H3;5H,4H2,1-3H3;5*1-2H3;1-2H2/b;10-9?,18-12+;;;;;;;. The van der Waals surface area contributed by atoms with Gasteiger partial charge >= 0.3 is 0 Å². The lowest BCUT2D eigenvalue weighted by molar-refractivity contribution is 0.127. The van der Waals surface area contributed by atoms with Gasteiger partial charge in [-0.1, -0.05) is 281 Å². The summed E-state index contributed by atoms with van der Waals surface area (Å²) in [4.78, 5) is 0. The topological polar surface area (TPSA) is 0 Å². The molecule has 65 heavy (non-hydrogen) atoms. The lowest BCUT2D eigenvalue weighted by atomic mass is 9.55. The first-order valence-electron chi connectivity index (χ1n) is 27.5. The molecule has 3 atom stereocenters. The van der Waals surface area contributed by atoms with Crippen LogP contribution in [0.15, 0.2) is 109 Å². The monoisotopic (exact) mass is 899 g/mol. The summed E-state index contributed by atoms with van der Waals surface area (Å²) in [6, 6.07) is 19.2. The van der Waals surface area contributed by atoms with Gasteiger partial charge in [-0.15, -0.1) is 13.2 Å². The molecule has 1 saturated carbocycles. The predicted molar refractivity (Wildman–Crippen MR) is 308 cm³/mol. The number of aryl methyl sites for hydroxylation is 1. The van der Waals surface area contributed by atoms with Gasteiger partial charge in [0, 0.05) is 10.8 Å². The zero-order valence-corrected chi connectivity index (χ0v) is 48.8. The van der Waals surface area contributed by atoms with Crippen molar-refractivity contribution in [1.82, 2.24) is 0 Å². The first-order chi connectivity index (χ1) is 31.1. The highest BCUT2D eigenvalue weighted by atomic mass is 14.5. The minimum Gasteiger partial charge on any atom is -0.106 e. The van der Waals surface area contributed by atoms with Gasteiger partial charge in [-0.05, 0) is 110 Å². The Morgan fingerprint density at radius 1 is 0.677 bits per heavy atom. The van der Waals surface area contributed by atoms with Crippen molar-refractivity contribution in [2.24, 2.45) is 28.6 Å². The van der Waals surface area contributed by atoms with E-state index in [-0.39, 0.29) is 10.8 Å². The van der Waals surface area contributed by atoms with Gasteiger partial charge in [0.2, 0.25) is 0 Å². The summed E-state index contributed by atoms with van der Waals surface area (Å²) in [5.74, 6) is 2.39. The Balaban J connectivity index is -0.000000283. The van der Waals surface area contributed by atoms with E-state index >= 15 is 0 Å². The summed E-state index contributed by atoms with van der Waals surface area (Å²) >= 11 is 0. The van der Waals surface area contributed by atoms with Crippen LogP contribution in [-0.2, 0) is 18.3 Å². The van der Waals surface area contributed by atoms with Crippen LogP contribution in [0.5, 0.6) is 0 Å². The summed E-state index contributed by atoms with van der Waals surface area (Å²) in [5.41, 5.74) is 11.4. The average molecular weight is 900 g/mol. The van der Waals surface area contributed by atoms with Crippen LogP contribution in [0.25, 0.3) is 0 Å². The highest BCUT2D eigenvalue weighted by Gasteiger charge is 2.45. The molecule has 1 fully saturated rings. The Bertz CT molecular complexity index is 1450. The van der Waals surface area contributed by atoms with Crippen molar-refractivity contribution in [3.63, 3.8) is 0 Å². The minimum atomic E-state index is 0.141. The van der Waals surface area contributed by atoms with Gasteiger partial charge in [0.1, 0.15) is 0 Å². The number of rotatable bonds is 14. The maximum atomic E-state index is 3.00. The number of hydrogen-bond donors (Lipinski definition) is 0. The zero-order valence-electron chi connectivity index (χ0n) is 48.8. The molecule has 0 N–H and O–H groups in total. The first-order valence-corrected chi connectivity index (χ1v) is 27.5. The largest absolute Gasteiger partial charge is 0.106 e. The Kier molecular flexibility index (Phi) is 47.8. The summed E-state index contributed by atoms with van der Waals surface area (Å²) < 4.78 is 0. The van der Waals surface area contributed by atoms with Crippen LogP contribution in [0, 0.1) is 28.6 Å². The van der Waals surface area contributed by atoms with Gasteiger partial charge in [-0.3, -0.25) is 0 Å². The van der Waals surface area contributed by atoms with E-state index in [4.69, 9.17) is 0 Å². The van der Waals surface area contributed by atoms with E-state index in [1.807, 2.05) is 69.2 Å². The van der Waals surface area contributed by atoms with E-state index < -0.39 is 0 Å². The van der Waals surface area contributed by atoms with Gasteiger partial charge in [0.05, 0.1) is 0 Å². The number of hydrogen-bond acceptors (Lipinski definition) is 0. The van der Waals surface area contributed by atoms with Crippen molar-refractivity contribution >= 4 is 0 Å². The lowest BCUT2D eigenvalue weighted by Gasteiger charge is -2.49. The van der Waals surface area contributed by atoms with Crippen molar-refractivity contribution < 1.29 is 0 Å². The van der Waals surface area contributed by atoms with Crippen LogP contribution in [-0.4, -0.2) is 0 Å². The second-order valence-corrected chi connectivity index (χ2v) is 18.5. The van der Waals surface area contributed by atoms with E-state index in [1.165, 1.54) is 92.9 Å². The zero-order chi connectivity index (χ0) is 51.7. The fraction of sp³-hybridized carbons (Fsp3) is 0.662. The molecule has 3 unspecified atom stereocenters. The summed E-state index contributed by atoms with van der Waals surface area (Å²) in [6.07, 6.45) is 27.5. The van der Waals surface area contributed by atoms with E-state index in [1.54, 1.807) is 16.7 Å². The van der Waals surface area contributed by atoms with Crippen molar-refractivity contribution in [2.75, 3.05) is 0 Å². The third-order valence-electron chi connectivity index (χ3n) is 12.4. The van der Waals surface area contributed by atoms with Crippen molar-refractivity contribution in [3.8, 4) is 0 Å². The molecule has 0 spiro atoms. The highest BCUT2D eigenvalue weighted by molar-refractivity contribution is 5.43. The summed E-state index contributed by atoms with van der Waals surface area (Å²) in [5, 5.41) is 0. The normalized spacial score (nSPS) is 17.6. The van der Waals surface area contributed by atoms with E-state index in [0.29, 0.717) is 5.41 Å². The molecule has 2 aliphatic carbocycles. The molecule has 0 amide bonds. The molecule has 0 heteroatoms. The molecule has 378 valence electrons. The number of benzene rings is 2. The Hall–Kier alpha value is -2.86. The van der Waals surface area contributed by atoms with Gasteiger partial charge < -0.3 is 0 Å². The molecule has 2 aromatic carbocycles. The van der Waals surface area contributed by atoms with Crippen LogP contribution in [0.3, 0.4) is 0 Å². The van der Waals surface area contributed by atoms with Gasteiger partial charge in [-0.25, -0.2) is 0 Å². The van der Waals surface area contributed by atoms with Crippen LogP contribution in [0.2, 0.25) is 0 Å². The van der Waals surface area contributed by atoms with E-state index in [2.05, 4.69) is 189 Å². The van der Waals surface area contributed by atoms with Crippen molar-refractivity contribution in [2.45, 2.75) is 255 Å². The molecule has 0 aliphatic heterocycles. The number of allylic oxidation sites excluding steroid dienone is 8. The average Bonchev–Trinajstić information content (AvgIpc) is 3.35. The van der Waals surface area contributed by atoms with Crippen LogP contribution in [0.4, 0.5) is 0 Å². The summed E-state index contributed by atoms with van der Waals surface area (Å²) in [6.45, 7) is 58.4. The molecule has 4 rings (SSSR count). The Morgan fingerprint density at radius 2 is 1.15 bits per heavy atom. The first kappa shape index (κ1) is 71.1. The molecule has 2 aliphatic rings. The molecule has 2 aromatic rings. The third-order valence-corrected chi connectivity index (χ3v) is 12.4. The molecule has 0 nitrogen and oxygen atoms in total. The van der Waals surface area contributed by atoms with Crippen LogP contribution >= 0.6 is 0 Å². The van der Waals surface area contributed by atoms with Gasteiger partial charge in [0.25, 0.3) is 0 Å². The molecule has 0 radical (unpaired) electrons. The molecule has 0 saturated heterocycles. The molecule has 0 aromatic heterocycles. The maximum absolute atomic E-state index is 3.00. The van der Waals surface area contributed by atoms with Crippen molar-refractivity contribution in [1.29, 1.82) is 0 Å². The smallest absolute Gasteiger partial charge is 0.0210 e. The SMILES string of the molecule is C=C.CC.CC.CC.CC.CC.CCC(C)C.CCC=C/C=C(\CCC)C(C)(C)C1=CC=C(CC)CC1.CCc1ccc(C2(c3ccc(CC(C)CC)cc3)CC(C)CC(C)(C)C2)cc1. The Morgan fingerprint density at radius 3 is 1.51 bits per heavy atom. The minimum absolute atomic E-state index is 0.141. The van der Waals surface area contributed by atoms with E-state index in [9.17, 15) is 0 Å². The fourth-order valence-electron chi connectivity index (χ4n) is 8.64. The molecule has 0 bridgehead atoms. The third kappa shape index (κ3) is 28.2. The second-order valence-electron chi connectivity index (χ2n) is 18.5. The van der Waals surface area contributed by atoms with Gasteiger partial charge in [0.15, 0.2) is 0 Å².